The number of nitrogens with one attached hydrogen (secondary N) is 1. The van der Waals surface area contributed by atoms with Crippen molar-refractivity contribution in [2.24, 2.45) is 7.05 Å². The molecular formula is C22H22N4O2S. The van der Waals surface area contributed by atoms with Crippen LogP contribution in [-0.2, 0) is 11.8 Å². The van der Waals surface area contributed by atoms with Crippen LogP contribution in [0.25, 0.3) is 22.6 Å². The van der Waals surface area contributed by atoms with Crippen molar-refractivity contribution in [3.63, 3.8) is 0 Å². The van der Waals surface area contributed by atoms with Crippen molar-refractivity contribution in [1.82, 2.24) is 14.8 Å². The first-order valence-electron chi connectivity index (χ1n) is 9.31. The second-order valence-electron chi connectivity index (χ2n) is 7.12. The van der Waals surface area contributed by atoms with Crippen molar-refractivity contribution in [2.75, 3.05) is 11.1 Å². The predicted molar refractivity (Wildman–Crippen MR) is 116 cm³/mol. The highest BCUT2D eigenvalue weighted by Gasteiger charge is 2.17. The molecule has 148 valence electrons. The molecule has 29 heavy (non-hydrogen) atoms. The third-order valence-electron chi connectivity index (χ3n) is 4.75. The number of anilines is 1. The summed E-state index contributed by atoms with van der Waals surface area (Å²) in [5.74, 6) is 1.47. The van der Waals surface area contributed by atoms with Gasteiger partial charge in [-0.25, -0.2) is 0 Å². The van der Waals surface area contributed by atoms with E-state index in [1.165, 1.54) is 17.3 Å². The van der Waals surface area contributed by atoms with Crippen LogP contribution in [0, 0.1) is 20.8 Å². The number of aryl methyl sites for hydroxylation is 3. The summed E-state index contributed by atoms with van der Waals surface area (Å²) in [6.45, 7) is 6.06. The van der Waals surface area contributed by atoms with Gasteiger partial charge in [-0.15, -0.1) is 10.2 Å². The van der Waals surface area contributed by atoms with Crippen molar-refractivity contribution in [3.8, 4) is 11.6 Å². The van der Waals surface area contributed by atoms with Crippen LogP contribution >= 0.6 is 11.8 Å². The minimum atomic E-state index is -0.0710. The van der Waals surface area contributed by atoms with E-state index in [9.17, 15) is 4.79 Å². The molecule has 0 fully saturated rings. The lowest BCUT2D eigenvalue weighted by Crippen LogP contribution is -2.16. The lowest BCUT2D eigenvalue weighted by molar-refractivity contribution is -0.113. The van der Waals surface area contributed by atoms with Gasteiger partial charge in [0.2, 0.25) is 5.91 Å². The van der Waals surface area contributed by atoms with Crippen LogP contribution in [0.3, 0.4) is 0 Å². The largest absolute Gasteiger partial charge is 0.453 e. The Morgan fingerprint density at radius 1 is 1.10 bits per heavy atom. The van der Waals surface area contributed by atoms with Gasteiger partial charge < -0.3 is 14.3 Å². The third kappa shape index (κ3) is 3.91. The van der Waals surface area contributed by atoms with Gasteiger partial charge >= 0.3 is 0 Å². The molecular weight excluding hydrogens is 384 g/mol. The second-order valence-corrected chi connectivity index (χ2v) is 8.07. The van der Waals surface area contributed by atoms with Gasteiger partial charge in [0.05, 0.1) is 5.75 Å². The van der Waals surface area contributed by atoms with Crippen LogP contribution in [0.1, 0.15) is 16.7 Å². The number of furan rings is 1. The van der Waals surface area contributed by atoms with Gasteiger partial charge in [0.1, 0.15) is 5.58 Å². The Morgan fingerprint density at radius 3 is 2.55 bits per heavy atom. The minimum Gasteiger partial charge on any atom is -0.453 e. The average Bonchev–Trinajstić information content (AvgIpc) is 3.26. The minimum absolute atomic E-state index is 0.0710. The van der Waals surface area contributed by atoms with E-state index in [0.29, 0.717) is 16.7 Å². The fourth-order valence-corrected chi connectivity index (χ4v) is 4.14. The summed E-state index contributed by atoms with van der Waals surface area (Å²) in [6, 6.07) is 13.9. The molecule has 2 aromatic heterocycles. The van der Waals surface area contributed by atoms with Gasteiger partial charge in [-0.1, -0.05) is 47.7 Å². The first-order chi connectivity index (χ1) is 13.9. The Hall–Kier alpha value is -3.06. The molecule has 0 aliphatic rings. The van der Waals surface area contributed by atoms with E-state index in [0.717, 1.165) is 27.8 Å². The Kier molecular flexibility index (Phi) is 5.15. The van der Waals surface area contributed by atoms with Gasteiger partial charge in [0, 0.05) is 18.1 Å². The van der Waals surface area contributed by atoms with E-state index in [4.69, 9.17) is 4.42 Å². The molecule has 2 aromatic carbocycles. The second kappa shape index (κ2) is 7.75. The molecule has 1 amide bonds. The molecule has 0 spiro atoms. The average molecular weight is 407 g/mol. The highest BCUT2D eigenvalue weighted by molar-refractivity contribution is 7.99. The summed E-state index contributed by atoms with van der Waals surface area (Å²) in [5.41, 5.74) is 4.99. The summed E-state index contributed by atoms with van der Waals surface area (Å²) >= 11 is 1.35. The number of hydrogen-bond donors (Lipinski definition) is 1. The molecule has 7 heteroatoms. The predicted octanol–water partition coefficient (Wildman–Crippen LogP) is 4.88. The lowest BCUT2D eigenvalue weighted by Gasteiger charge is -2.12. The smallest absolute Gasteiger partial charge is 0.234 e. The normalized spacial score (nSPS) is 11.2. The number of fused-ring (bicyclic) bond motifs is 1. The highest BCUT2D eigenvalue weighted by atomic mass is 32.2. The van der Waals surface area contributed by atoms with Crippen molar-refractivity contribution >= 4 is 34.3 Å². The van der Waals surface area contributed by atoms with Crippen molar-refractivity contribution < 1.29 is 9.21 Å². The number of aromatic nitrogens is 3. The molecule has 0 saturated heterocycles. The fraction of sp³-hybridized carbons (Fsp3) is 0.227. The zero-order chi connectivity index (χ0) is 20.5. The Bertz CT molecular complexity index is 1150. The number of carbonyl (C=O) groups excluding carboxylic acids is 1. The highest BCUT2D eigenvalue weighted by Crippen LogP contribution is 2.28. The molecule has 0 radical (unpaired) electrons. The topological polar surface area (TPSA) is 73.0 Å². The molecule has 4 rings (SSSR count). The molecule has 0 saturated carbocycles. The number of benzene rings is 2. The van der Waals surface area contributed by atoms with Gasteiger partial charge in [0.25, 0.3) is 0 Å². The number of hydrogen-bond acceptors (Lipinski definition) is 5. The van der Waals surface area contributed by atoms with E-state index in [2.05, 4.69) is 34.6 Å². The molecule has 1 N–H and O–H groups in total. The Morgan fingerprint density at radius 2 is 1.83 bits per heavy atom. The van der Waals surface area contributed by atoms with Gasteiger partial charge in [0.15, 0.2) is 16.7 Å². The number of para-hydroxylation sites is 1. The van der Waals surface area contributed by atoms with E-state index >= 15 is 0 Å². The van der Waals surface area contributed by atoms with Crippen LogP contribution in [0.15, 0.2) is 52.0 Å². The summed E-state index contributed by atoms with van der Waals surface area (Å²) in [7, 11) is 1.87. The van der Waals surface area contributed by atoms with E-state index in [1.807, 2.05) is 55.8 Å². The SMILES string of the molecule is Cc1cc(C)c(NC(=O)CSc2nnc(-c3cc4ccccc4o3)n2C)c(C)c1. The quantitative estimate of drug-likeness (QED) is 0.478. The maximum atomic E-state index is 12.5. The van der Waals surface area contributed by atoms with Crippen LogP contribution in [0.5, 0.6) is 0 Å². The van der Waals surface area contributed by atoms with Gasteiger partial charge in [-0.2, -0.15) is 0 Å². The van der Waals surface area contributed by atoms with Crippen LogP contribution in [0.4, 0.5) is 5.69 Å². The standard InChI is InChI=1S/C22H22N4O2S/c1-13-9-14(2)20(15(3)10-13)23-19(27)12-29-22-25-24-21(26(22)4)18-11-16-7-5-6-8-17(16)28-18/h5-11H,12H2,1-4H3,(H,23,27). The number of amides is 1. The third-order valence-corrected chi connectivity index (χ3v) is 5.77. The number of carbonyl (C=O) groups is 1. The maximum Gasteiger partial charge on any atom is 0.234 e. The molecule has 0 aliphatic heterocycles. The number of rotatable bonds is 5. The van der Waals surface area contributed by atoms with E-state index in [-0.39, 0.29) is 11.7 Å². The van der Waals surface area contributed by atoms with Gasteiger partial charge in [-0.3, -0.25) is 4.79 Å². The molecule has 0 bridgehead atoms. The molecule has 0 unspecified atom stereocenters. The summed E-state index contributed by atoms with van der Waals surface area (Å²) in [5, 5.41) is 13.2. The molecule has 2 heterocycles. The Balaban J connectivity index is 1.46. The molecule has 0 aliphatic carbocycles. The molecule has 6 nitrogen and oxygen atoms in total. The first-order valence-corrected chi connectivity index (χ1v) is 10.3. The molecule has 0 atom stereocenters. The fourth-order valence-electron chi connectivity index (χ4n) is 3.43. The lowest BCUT2D eigenvalue weighted by atomic mass is 10.1. The maximum absolute atomic E-state index is 12.5. The van der Waals surface area contributed by atoms with Gasteiger partial charge in [-0.05, 0) is 44.0 Å². The summed E-state index contributed by atoms with van der Waals surface area (Å²) < 4.78 is 7.72. The summed E-state index contributed by atoms with van der Waals surface area (Å²) in [4.78, 5) is 12.5. The van der Waals surface area contributed by atoms with Crippen LogP contribution in [0.2, 0.25) is 0 Å². The Labute approximate surface area is 173 Å². The number of thioether (sulfide) groups is 1. The number of nitrogens with zero attached hydrogens (tertiary/aromatic N) is 3. The molecule has 4 aromatic rings. The van der Waals surface area contributed by atoms with Crippen molar-refractivity contribution in [1.29, 1.82) is 0 Å². The summed E-state index contributed by atoms with van der Waals surface area (Å²) in [6.07, 6.45) is 0. The van der Waals surface area contributed by atoms with Crippen LogP contribution < -0.4 is 5.32 Å². The van der Waals surface area contributed by atoms with E-state index in [1.54, 1.807) is 0 Å². The zero-order valence-corrected chi connectivity index (χ0v) is 17.6. The zero-order valence-electron chi connectivity index (χ0n) is 16.8. The van der Waals surface area contributed by atoms with Crippen LogP contribution in [-0.4, -0.2) is 26.4 Å². The van der Waals surface area contributed by atoms with Crippen molar-refractivity contribution in [2.45, 2.75) is 25.9 Å². The first kappa shape index (κ1) is 19.3. The van der Waals surface area contributed by atoms with E-state index < -0.39 is 0 Å². The monoisotopic (exact) mass is 406 g/mol. The van der Waals surface area contributed by atoms with Crippen molar-refractivity contribution in [3.05, 3.63) is 59.2 Å².